The monoisotopic (exact) mass is 582 g/mol. The van der Waals surface area contributed by atoms with Crippen LogP contribution in [0.25, 0.3) is 12.2 Å². The molecular weight excluding hydrogens is 564 g/mol. The molecule has 6 bridgehead atoms. The molecule has 4 aromatic carbocycles. The molecule has 1 heterocycles. The van der Waals surface area contributed by atoms with E-state index in [9.17, 15) is 0 Å². The van der Waals surface area contributed by atoms with Crippen molar-refractivity contribution in [2.75, 3.05) is 0 Å². The third kappa shape index (κ3) is 3.35. The second-order valence-electron chi connectivity index (χ2n) is 8.78. The number of allylic oxidation sites excluding steroid dienone is 2. The summed E-state index contributed by atoms with van der Waals surface area (Å²) in [4.78, 5) is 2.75. The number of fused-ring (bicyclic) bond motifs is 4. The summed E-state index contributed by atoms with van der Waals surface area (Å²) >= 11 is 4.76. The van der Waals surface area contributed by atoms with Crippen LogP contribution in [0.1, 0.15) is 48.1 Å². The van der Waals surface area contributed by atoms with Gasteiger partial charge in [0.15, 0.2) is 0 Å². The minimum atomic E-state index is -1.03. The van der Waals surface area contributed by atoms with E-state index >= 15 is 0 Å². The van der Waals surface area contributed by atoms with Gasteiger partial charge in [0.1, 0.15) is 0 Å². The van der Waals surface area contributed by atoms with Crippen LogP contribution in [0.4, 0.5) is 0 Å². The molecule has 4 aromatic rings. The van der Waals surface area contributed by atoms with Gasteiger partial charge in [-0.2, -0.15) is 0 Å². The number of rotatable bonds is 3. The molecule has 0 radical (unpaired) electrons. The molecule has 0 nitrogen and oxygen atoms in total. The molecule has 1 aliphatic heterocycles. The first kappa shape index (κ1) is 20.4. The Hall–Kier alpha value is -1.93. The maximum Gasteiger partial charge on any atom is -1.00 e. The molecule has 158 valence electrons. The van der Waals surface area contributed by atoms with E-state index in [1.54, 1.807) is 6.56 Å². The van der Waals surface area contributed by atoms with E-state index in [1.807, 2.05) is 11.8 Å². The van der Waals surface area contributed by atoms with Gasteiger partial charge in [0.2, 0.25) is 0 Å². The summed E-state index contributed by atoms with van der Waals surface area (Å²) in [5.41, 5.74) is 8.64. The van der Waals surface area contributed by atoms with Crippen LogP contribution in [0, 0.1) is 0 Å². The minimum Gasteiger partial charge on any atom is -1.00 e. The van der Waals surface area contributed by atoms with Gasteiger partial charge >= 0.3 is 220 Å². The van der Waals surface area contributed by atoms with E-state index in [-0.39, 0.29) is 2.85 Å². The number of benzene rings is 4. The van der Waals surface area contributed by atoms with Gasteiger partial charge in [-0.25, -0.2) is 0 Å². The van der Waals surface area contributed by atoms with E-state index in [4.69, 9.17) is 0 Å². The standard InChI is InChI=1S/C15H10Br.C15H9S.Zr.2H/c16-14-8-4-7-12-9-10-13(15(12)14)11-5-2-1-3-6-11;1-3-10-9-11(4-1)16-15-6-2-5-13-12(10)7-8-14(13)15;;;/h1-9,13H;1-6,8-9,12H;;;/q;;+2;2*-1. The van der Waals surface area contributed by atoms with Crippen LogP contribution in [0.2, 0.25) is 0 Å². The van der Waals surface area contributed by atoms with E-state index in [2.05, 4.69) is 119 Å². The zero-order chi connectivity index (χ0) is 21.9. The molecular formula is C30H21BrSZr. The van der Waals surface area contributed by atoms with Crippen molar-refractivity contribution in [3.63, 3.8) is 0 Å². The first-order valence-corrected chi connectivity index (χ1v) is 15.3. The Balaban J connectivity index is 0.00000127. The number of hydrogen-bond donors (Lipinski definition) is 0. The van der Waals surface area contributed by atoms with E-state index in [1.165, 1.54) is 47.6 Å². The van der Waals surface area contributed by atoms with Gasteiger partial charge in [-0.05, 0) is 0 Å². The molecule has 0 N–H and O–H groups in total. The maximum atomic E-state index is 3.88. The molecule has 33 heavy (non-hydrogen) atoms. The average Bonchev–Trinajstić information content (AvgIpc) is 3.40. The molecule has 0 amide bonds. The molecule has 7 rings (SSSR count). The molecule has 3 aliphatic rings. The van der Waals surface area contributed by atoms with Crippen molar-refractivity contribution in [3.05, 3.63) is 135 Å². The Labute approximate surface area is 221 Å². The van der Waals surface area contributed by atoms with E-state index in [0.29, 0.717) is 11.8 Å². The summed E-state index contributed by atoms with van der Waals surface area (Å²) in [7, 11) is 0. The normalized spacial score (nSPS) is 19.2. The summed E-state index contributed by atoms with van der Waals surface area (Å²) in [6.45, 7) is 0. The molecule has 0 saturated heterocycles. The summed E-state index contributed by atoms with van der Waals surface area (Å²) in [6, 6.07) is 33.8. The van der Waals surface area contributed by atoms with Crippen molar-refractivity contribution < 1.29 is 26.1 Å². The van der Waals surface area contributed by atoms with Crippen LogP contribution >= 0.6 is 27.7 Å². The first-order valence-electron chi connectivity index (χ1n) is 11.2. The van der Waals surface area contributed by atoms with Crippen molar-refractivity contribution >= 4 is 39.8 Å². The zero-order valence-electron chi connectivity index (χ0n) is 19.8. The second-order valence-corrected chi connectivity index (χ2v) is 14.2. The topological polar surface area (TPSA) is 0 Å². The van der Waals surface area contributed by atoms with Gasteiger partial charge in [0, 0.05) is 0 Å². The number of hydrogen-bond acceptors (Lipinski definition) is 1. The summed E-state index contributed by atoms with van der Waals surface area (Å²) in [5, 5.41) is 0. The SMILES string of the molecule is Brc1cccc2c1C(c1ccccc1)[C]([Zr+2][C]1=Cc3c4cccc3C1c1cccc(c1)S4)=C2.[H-].[H-]. The van der Waals surface area contributed by atoms with Crippen LogP contribution in [-0.2, 0) is 23.2 Å². The van der Waals surface area contributed by atoms with Crippen LogP contribution in [0.3, 0.4) is 0 Å². The smallest absolute Gasteiger partial charge is 1.00 e. The largest absolute Gasteiger partial charge is 1.00 e. The molecule has 2 aliphatic carbocycles. The quantitative estimate of drug-likeness (QED) is 0.232. The Morgan fingerprint density at radius 2 is 1.52 bits per heavy atom. The molecule has 2 unspecified atom stereocenters. The summed E-state index contributed by atoms with van der Waals surface area (Å²) in [5.74, 6) is 0.774. The third-order valence-electron chi connectivity index (χ3n) is 6.86. The van der Waals surface area contributed by atoms with Crippen molar-refractivity contribution in [3.8, 4) is 0 Å². The van der Waals surface area contributed by atoms with Crippen molar-refractivity contribution in [2.45, 2.75) is 21.6 Å². The van der Waals surface area contributed by atoms with Gasteiger partial charge in [-0.3, -0.25) is 0 Å². The van der Waals surface area contributed by atoms with Gasteiger partial charge in [-0.15, -0.1) is 0 Å². The maximum absolute atomic E-state index is 3.88. The molecule has 0 spiro atoms. The van der Waals surface area contributed by atoms with Crippen LogP contribution in [-0.4, -0.2) is 0 Å². The Morgan fingerprint density at radius 1 is 0.727 bits per heavy atom. The van der Waals surface area contributed by atoms with Gasteiger partial charge in [0.25, 0.3) is 0 Å². The minimum absolute atomic E-state index is 0. The second kappa shape index (κ2) is 8.08. The molecule has 0 aromatic heterocycles. The third-order valence-corrected chi connectivity index (χ3v) is 12.2. The first-order chi connectivity index (χ1) is 16.3. The fourth-order valence-electron chi connectivity index (χ4n) is 5.47. The van der Waals surface area contributed by atoms with Gasteiger partial charge in [0.05, 0.1) is 0 Å². The fraction of sp³-hybridized carbons (Fsp3) is 0.0667. The zero-order valence-corrected chi connectivity index (χ0v) is 22.6. The van der Waals surface area contributed by atoms with Crippen LogP contribution in [0.15, 0.2) is 112 Å². The molecule has 0 fully saturated rings. The molecule has 3 heteroatoms. The average molecular weight is 585 g/mol. The van der Waals surface area contributed by atoms with E-state index < -0.39 is 23.2 Å². The summed E-state index contributed by atoms with van der Waals surface area (Å²) < 4.78 is 4.56. The predicted molar refractivity (Wildman–Crippen MR) is 139 cm³/mol. The molecule has 0 saturated carbocycles. The summed E-state index contributed by atoms with van der Waals surface area (Å²) in [6.07, 6.45) is 5.07. The Kier molecular flexibility index (Phi) is 5.01. The Morgan fingerprint density at radius 3 is 2.42 bits per heavy atom. The van der Waals surface area contributed by atoms with Crippen LogP contribution < -0.4 is 0 Å². The fourth-order valence-corrected chi connectivity index (χ4v) is 11.3. The van der Waals surface area contributed by atoms with Gasteiger partial charge < -0.3 is 2.85 Å². The van der Waals surface area contributed by atoms with Crippen molar-refractivity contribution in [1.29, 1.82) is 0 Å². The number of halogens is 1. The van der Waals surface area contributed by atoms with Gasteiger partial charge in [-0.1, -0.05) is 0 Å². The predicted octanol–water partition coefficient (Wildman–Crippen LogP) is 8.89. The van der Waals surface area contributed by atoms with Crippen LogP contribution in [0.5, 0.6) is 0 Å². The van der Waals surface area contributed by atoms with E-state index in [0.717, 1.165) is 0 Å². The molecule has 2 atom stereocenters. The van der Waals surface area contributed by atoms with Crippen molar-refractivity contribution in [1.82, 2.24) is 0 Å². The van der Waals surface area contributed by atoms with Crippen molar-refractivity contribution in [2.24, 2.45) is 0 Å². The Bertz CT molecular complexity index is 1500.